The van der Waals surface area contributed by atoms with Gasteiger partial charge >= 0.3 is 5.97 Å². The molecule has 0 aromatic carbocycles. The van der Waals surface area contributed by atoms with Crippen LogP contribution in [0.25, 0.3) is 0 Å². The summed E-state index contributed by atoms with van der Waals surface area (Å²) < 4.78 is 0. The third kappa shape index (κ3) is 4.33. The predicted molar refractivity (Wildman–Crippen MR) is 59.6 cm³/mol. The Hall–Kier alpha value is -0.220. The minimum Gasteiger partial charge on any atom is -0.480 e. The van der Waals surface area contributed by atoms with Crippen LogP contribution in [0.3, 0.4) is 0 Å². The van der Waals surface area contributed by atoms with E-state index in [1.807, 2.05) is 0 Å². The summed E-state index contributed by atoms with van der Waals surface area (Å²) in [6, 6.07) is -0.691. The Morgan fingerprint density at radius 1 is 1.36 bits per heavy atom. The molecule has 82 valence electrons. The van der Waals surface area contributed by atoms with E-state index in [0.29, 0.717) is 11.0 Å². The molecule has 3 nitrogen and oxygen atoms in total. The minimum absolute atomic E-state index is 0.556. The number of carbonyl (C=O) groups is 1. The number of rotatable bonds is 4. The highest BCUT2D eigenvalue weighted by molar-refractivity contribution is 7.99. The Balaban J connectivity index is 2.18. The van der Waals surface area contributed by atoms with E-state index in [9.17, 15) is 4.79 Å². The van der Waals surface area contributed by atoms with Gasteiger partial charge in [0.15, 0.2) is 0 Å². The molecule has 1 aliphatic rings. The molecule has 0 radical (unpaired) electrons. The van der Waals surface area contributed by atoms with Gasteiger partial charge in [-0.15, -0.1) is 0 Å². The zero-order chi connectivity index (χ0) is 10.4. The van der Waals surface area contributed by atoms with Crippen molar-refractivity contribution in [2.45, 2.75) is 49.8 Å². The third-order valence-electron chi connectivity index (χ3n) is 2.63. The molecule has 1 saturated carbocycles. The standard InChI is InChI=1S/C10H19NO2S/c11-9(10(12)13)7-14-8-5-3-1-2-4-6-8/h8-9H,1-7,11H2,(H,12,13). The SMILES string of the molecule is NC(CSC1CCCCCC1)C(=O)O. The summed E-state index contributed by atoms with van der Waals surface area (Å²) in [5.74, 6) is -0.328. The van der Waals surface area contributed by atoms with Crippen LogP contribution < -0.4 is 5.73 Å². The van der Waals surface area contributed by atoms with Crippen molar-refractivity contribution in [3.05, 3.63) is 0 Å². The lowest BCUT2D eigenvalue weighted by molar-refractivity contribution is -0.137. The topological polar surface area (TPSA) is 63.3 Å². The predicted octanol–water partition coefficient (Wildman–Crippen LogP) is 1.85. The zero-order valence-electron chi connectivity index (χ0n) is 8.45. The second-order valence-corrected chi connectivity index (χ2v) is 5.22. The molecule has 4 heteroatoms. The van der Waals surface area contributed by atoms with E-state index in [0.717, 1.165) is 0 Å². The van der Waals surface area contributed by atoms with Crippen LogP contribution in [-0.4, -0.2) is 28.1 Å². The molecule has 0 amide bonds. The van der Waals surface area contributed by atoms with Crippen LogP contribution in [0.1, 0.15) is 38.5 Å². The van der Waals surface area contributed by atoms with Crippen LogP contribution in [-0.2, 0) is 4.79 Å². The van der Waals surface area contributed by atoms with Gasteiger partial charge < -0.3 is 10.8 Å². The molecule has 14 heavy (non-hydrogen) atoms. The van der Waals surface area contributed by atoms with Gasteiger partial charge in [0, 0.05) is 11.0 Å². The van der Waals surface area contributed by atoms with Crippen LogP contribution in [0, 0.1) is 0 Å². The number of hydrogen-bond acceptors (Lipinski definition) is 3. The Labute approximate surface area is 89.4 Å². The van der Waals surface area contributed by atoms with Crippen molar-refractivity contribution in [1.82, 2.24) is 0 Å². The van der Waals surface area contributed by atoms with Gasteiger partial charge in [-0.2, -0.15) is 11.8 Å². The second-order valence-electron chi connectivity index (χ2n) is 3.89. The van der Waals surface area contributed by atoms with Crippen molar-refractivity contribution < 1.29 is 9.90 Å². The van der Waals surface area contributed by atoms with Crippen molar-refractivity contribution >= 4 is 17.7 Å². The van der Waals surface area contributed by atoms with Crippen LogP contribution in [0.5, 0.6) is 0 Å². The normalized spacial score (nSPS) is 21.5. The van der Waals surface area contributed by atoms with Crippen LogP contribution in [0.2, 0.25) is 0 Å². The quantitative estimate of drug-likeness (QED) is 0.705. The lowest BCUT2D eigenvalue weighted by Crippen LogP contribution is -2.33. The summed E-state index contributed by atoms with van der Waals surface area (Å²) in [7, 11) is 0. The highest BCUT2D eigenvalue weighted by atomic mass is 32.2. The van der Waals surface area contributed by atoms with Gasteiger partial charge in [-0.05, 0) is 12.8 Å². The number of carboxylic acids is 1. The van der Waals surface area contributed by atoms with E-state index in [1.165, 1.54) is 38.5 Å². The molecule has 1 unspecified atom stereocenters. The fraction of sp³-hybridized carbons (Fsp3) is 0.900. The zero-order valence-corrected chi connectivity index (χ0v) is 9.26. The van der Waals surface area contributed by atoms with E-state index in [1.54, 1.807) is 11.8 Å². The number of carboxylic acid groups (broad SMARTS) is 1. The number of thioether (sulfide) groups is 1. The molecule has 0 aromatic heterocycles. The third-order valence-corrected chi connectivity index (χ3v) is 4.13. The van der Waals surface area contributed by atoms with E-state index in [2.05, 4.69) is 0 Å². The van der Waals surface area contributed by atoms with Crippen molar-refractivity contribution in [2.24, 2.45) is 5.73 Å². The molecular formula is C10H19NO2S. The maximum Gasteiger partial charge on any atom is 0.321 e. The average Bonchev–Trinajstić information content (AvgIpc) is 2.42. The Morgan fingerprint density at radius 3 is 2.43 bits per heavy atom. The molecule has 0 bridgehead atoms. The van der Waals surface area contributed by atoms with Gasteiger partial charge in [-0.1, -0.05) is 25.7 Å². The van der Waals surface area contributed by atoms with Crippen molar-refractivity contribution in [2.75, 3.05) is 5.75 Å². The van der Waals surface area contributed by atoms with E-state index < -0.39 is 12.0 Å². The summed E-state index contributed by atoms with van der Waals surface area (Å²) in [5.41, 5.74) is 5.45. The number of nitrogens with two attached hydrogens (primary N) is 1. The molecule has 1 fully saturated rings. The first-order valence-corrected chi connectivity index (χ1v) is 6.35. The average molecular weight is 217 g/mol. The molecule has 0 aliphatic heterocycles. The maximum atomic E-state index is 10.5. The Morgan fingerprint density at radius 2 is 1.93 bits per heavy atom. The Bertz CT molecular complexity index is 179. The monoisotopic (exact) mass is 217 g/mol. The minimum atomic E-state index is -0.883. The van der Waals surface area contributed by atoms with Crippen LogP contribution in [0.15, 0.2) is 0 Å². The van der Waals surface area contributed by atoms with Crippen LogP contribution >= 0.6 is 11.8 Å². The smallest absolute Gasteiger partial charge is 0.321 e. The largest absolute Gasteiger partial charge is 0.480 e. The summed E-state index contributed by atoms with van der Waals surface area (Å²) in [6.07, 6.45) is 7.72. The summed E-state index contributed by atoms with van der Waals surface area (Å²) in [5, 5.41) is 9.27. The molecule has 0 heterocycles. The number of hydrogen-bond donors (Lipinski definition) is 2. The second kappa shape index (κ2) is 6.30. The molecule has 1 aliphatic carbocycles. The fourth-order valence-electron chi connectivity index (χ4n) is 1.72. The van der Waals surface area contributed by atoms with Gasteiger partial charge in [0.1, 0.15) is 6.04 Å². The molecule has 1 rings (SSSR count). The van der Waals surface area contributed by atoms with Gasteiger partial charge in [-0.25, -0.2) is 0 Å². The first-order chi connectivity index (χ1) is 6.70. The first kappa shape index (κ1) is 11.9. The van der Waals surface area contributed by atoms with Gasteiger partial charge in [0.05, 0.1) is 0 Å². The maximum absolute atomic E-state index is 10.5. The van der Waals surface area contributed by atoms with Crippen molar-refractivity contribution in [3.8, 4) is 0 Å². The summed E-state index contributed by atoms with van der Waals surface area (Å²) >= 11 is 1.74. The number of aliphatic carboxylic acids is 1. The summed E-state index contributed by atoms with van der Waals surface area (Å²) in [6.45, 7) is 0. The fourth-order valence-corrected chi connectivity index (χ4v) is 3.01. The first-order valence-electron chi connectivity index (χ1n) is 5.30. The molecule has 1 atom stereocenters. The van der Waals surface area contributed by atoms with E-state index in [-0.39, 0.29) is 0 Å². The van der Waals surface area contributed by atoms with E-state index >= 15 is 0 Å². The highest BCUT2D eigenvalue weighted by Gasteiger charge is 2.17. The lowest BCUT2D eigenvalue weighted by atomic mass is 10.2. The molecular weight excluding hydrogens is 198 g/mol. The van der Waals surface area contributed by atoms with Gasteiger partial charge in [-0.3, -0.25) is 4.79 Å². The Kier molecular flexibility index (Phi) is 5.33. The van der Waals surface area contributed by atoms with E-state index in [4.69, 9.17) is 10.8 Å². The van der Waals surface area contributed by atoms with Gasteiger partial charge in [0.25, 0.3) is 0 Å². The van der Waals surface area contributed by atoms with Crippen LogP contribution in [0.4, 0.5) is 0 Å². The van der Waals surface area contributed by atoms with Gasteiger partial charge in [0.2, 0.25) is 0 Å². The molecule has 3 N–H and O–H groups in total. The summed E-state index contributed by atoms with van der Waals surface area (Å²) in [4.78, 5) is 10.5. The van der Waals surface area contributed by atoms with Crippen molar-refractivity contribution in [1.29, 1.82) is 0 Å². The molecule has 0 saturated heterocycles. The van der Waals surface area contributed by atoms with Crippen molar-refractivity contribution in [3.63, 3.8) is 0 Å². The highest BCUT2D eigenvalue weighted by Crippen LogP contribution is 2.27. The molecule has 0 spiro atoms. The molecule has 0 aromatic rings. The lowest BCUT2D eigenvalue weighted by Gasteiger charge is -2.14.